The van der Waals surface area contributed by atoms with E-state index < -0.39 is 23.6 Å². The van der Waals surface area contributed by atoms with Crippen molar-refractivity contribution in [2.24, 2.45) is 16.8 Å². The number of nitrogens with two attached hydrogens (primary N) is 1. The molecule has 0 radical (unpaired) electrons. The summed E-state index contributed by atoms with van der Waals surface area (Å²) in [6.45, 7) is 1.01. The van der Waals surface area contributed by atoms with Gasteiger partial charge in [-0.15, -0.1) is 0 Å². The van der Waals surface area contributed by atoms with Gasteiger partial charge in [0.25, 0.3) is 11.9 Å². The second kappa shape index (κ2) is 7.61. The highest BCUT2D eigenvalue weighted by Gasteiger charge is 2.35. The first-order valence-corrected chi connectivity index (χ1v) is 9.24. The smallest absolute Gasteiger partial charge is 0.297 e. The number of rotatable bonds is 4. The summed E-state index contributed by atoms with van der Waals surface area (Å²) in [6.07, 6.45) is 4.25. The molecule has 1 atom stereocenters. The maximum Gasteiger partial charge on any atom is 0.297 e. The number of halogens is 2. The van der Waals surface area contributed by atoms with Crippen molar-refractivity contribution in [2.75, 3.05) is 18.0 Å². The van der Waals surface area contributed by atoms with Crippen LogP contribution in [-0.4, -0.2) is 41.1 Å². The number of primary amides is 1. The van der Waals surface area contributed by atoms with Crippen molar-refractivity contribution in [3.05, 3.63) is 47.4 Å². The maximum atomic E-state index is 13.6. The number of piperidine rings is 1. The van der Waals surface area contributed by atoms with Gasteiger partial charge in [0, 0.05) is 37.7 Å². The predicted octanol–water partition coefficient (Wildman–Crippen LogP) is 2.23. The average molecular weight is 403 g/mol. The normalized spacial score (nSPS) is 19.7. The van der Waals surface area contributed by atoms with E-state index in [1.54, 1.807) is 6.21 Å². The zero-order chi connectivity index (χ0) is 20.5. The Kier molecular flexibility index (Phi) is 4.99. The van der Waals surface area contributed by atoms with Crippen molar-refractivity contribution >= 4 is 24.0 Å². The highest BCUT2D eigenvalue weighted by Crippen LogP contribution is 2.33. The third-order valence-corrected chi connectivity index (χ3v) is 5.18. The van der Waals surface area contributed by atoms with Crippen LogP contribution in [0.4, 0.5) is 14.8 Å². The van der Waals surface area contributed by atoms with Crippen LogP contribution in [0.2, 0.25) is 0 Å². The van der Waals surface area contributed by atoms with Gasteiger partial charge >= 0.3 is 0 Å². The van der Waals surface area contributed by atoms with Crippen LogP contribution in [0.3, 0.4) is 0 Å². The molecule has 1 aromatic heterocycles. The number of carbonyl (C=O) groups is 2. The van der Waals surface area contributed by atoms with Crippen LogP contribution in [0.5, 0.6) is 0 Å². The van der Waals surface area contributed by atoms with Crippen LogP contribution in [0.25, 0.3) is 0 Å². The van der Waals surface area contributed by atoms with Crippen LogP contribution in [-0.2, 0) is 4.79 Å². The minimum absolute atomic E-state index is 0.0507. The molecule has 0 spiro atoms. The lowest BCUT2D eigenvalue weighted by Crippen LogP contribution is -2.41. The van der Waals surface area contributed by atoms with Gasteiger partial charge < -0.3 is 15.1 Å². The van der Waals surface area contributed by atoms with Gasteiger partial charge in [-0.05, 0) is 30.5 Å². The number of benzene rings is 1. The van der Waals surface area contributed by atoms with Crippen molar-refractivity contribution in [1.29, 1.82) is 0 Å². The van der Waals surface area contributed by atoms with Crippen molar-refractivity contribution in [2.45, 2.75) is 25.3 Å². The molecule has 0 aliphatic carbocycles. The zero-order valence-corrected chi connectivity index (χ0v) is 15.4. The van der Waals surface area contributed by atoms with Gasteiger partial charge in [-0.2, -0.15) is 10.1 Å². The molecule has 2 aliphatic rings. The van der Waals surface area contributed by atoms with Gasteiger partial charge in [0.1, 0.15) is 17.9 Å². The number of aromatic nitrogens is 1. The van der Waals surface area contributed by atoms with E-state index in [1.807, 2.05) is 4.90 Å². The monoisotopic (exact) mass is 403 g/mol. The van der Waals surface area contributed by atoms with Crippen LogP contribution >= 0.6 is 0 Å². The Morgan fingerprint density at radius 2 is 1.83 bits per heavy atom. The lowest BCUT2D eigenvalue weighted by atomic mass is 9.94. The minimum Gasteiger partial charge on any atom is -0.431 e. The van der Waals surface area contributed by atoms with Crippen molar-refractivity contribution in [1.82, 2.24) is 9.99 Å². The van der Waals surface area contributed by atoms with Crippen LogP contribution in [0, 0.1) is 17.6 Å². The van der Waals surface area contributed by atoms with E-state index in [0.717, 1.165) is 6.07 Å². The summed E-state index contributed by atoms with van der Waals surface area (Å²) in [7, 11) is 0. The number of carbonyl (C=O) groups excluding carboxylic acids is 2. The van der Waals surface area contributed by atoms with E-state index >= 15 is 0 Å². The Labute approximate surface area is 165 Å². The summed E-state index contributed by atoms with van der Waals surface area (Å²) in [4.78, 5) is 30.0. The number of hydrazone groups is 1. The number of hydrogen-bond acceptors (Lipinski definition) is 6. The number of amides is 2. The molecular weight excluding hydrogens is 384 g/mol. The second-order valence-electron chi connectivity index (χ2n) is 7.08. The maximum absolute atomic E-state index is 13.6. The molecule has 152 valence electrons. The standard InChI is InChI=1S/C19H19F2N5O3/c20-13-7-12(8-14(21)9-13)16-1-4-23-26(16)18(28)11-2-5-25(6-3-11)19-24-15(10-29-19)17(22)27/h4,7-11,16H,1-3,5-6H2,(H2,22,27). The van der Waals surface area contributed by atoms with E-state index in [2.05, 4.69) is 10.1 Å². The molecule has 3 heterocycles. The van der Waals surface area contributed by atoms with E-state index in [0.29, 0.717) is 37.9 Å². The van der Waals surface area contributed by atoms with Crippen molar-refractivity contribution in [3.8, 4) is 0 Å². The molecule has 1 unspecified atom stereocenters. The summed E-state index contributed by atoms with van der Waals surface area (Å²) in [5, 5.41) is 5.47. The third kappa shape index (κ3) is 3.82. The molecule has 1 aromatic carbocycles. The van der Waals surface area contributed by atoms with Crippen LogP contribution in [0.1, 0.15) is 41.4 Å². The zero-order valence-electron chi connectivity index (χ0n) is 15.4. The number of hydrogen-bond donors (Lipinski definition) is 1. The van der Waals surface area contributed by atoms with E-state index in [4.69, 9.17) is 10.2 Å². The highest BCUT2D eigenvalue weighted by atomic mass is 19.1. The van der Waals surface area contributed by atoms with Gasteiger partial charge in [-0.1, -0.05) is 0 Å². The Bertz CT molecular complexity index is 948. The Morgan fingerprint density at radius 3 is 2.45 bits per heavy atom. The molecule has 29 heavy (non-hydrogen) atoms. The average Bonchev–Trinajstić information content (AvgIpc) is 3.37. The topological polar surface area (TPSA) is 105 Å². The fourth-order valence-electron chi connectivity index (χ4n) is 3.70. The van der Waals surface area contributed by atoms with Gasteiger partial charge in [-0.3, -0.25) is 9.59 Å². The molecule has 10 heteroatoms. The molecule has 2 aliphatic heterocycles. The van der Waals surface area contributed by atoms with Crippen LogP contribution < -0.4 is 10.6 Å². The molecule has 0 saturated carbocycles. The largest absolute Gasteiger partial charge is 0.431 e. The number of oxazole rings is 1. The first-order chi connectivity index (χ1) is 13.9. The first kappa shape index (κ1) is 19.0. The molecule has 1 saturated heterocycles. The van der Waals surface area contributed by atoms with E-state index in [9.17, 15) is 18.4 Å². The first-order valence-electron chi connectivity index (χ1n) is 9.24. The fourth-order valence-corrected chi connectivity index (χ4v) is 3.70. The summed E-state index contributed by atoms with van der Waals surface area (Å²) >= 11 is 0. The highest BCUT2D eigenvalue weighted by molar-refractivity contribution is 5.90. The molecule has 8 nitrogen and oxygen atoms in total. The molecule has 0 bridgehead atoms. The minimum atomic E-state index is -0.686. The summed E-state index contributed by atoms with van der Waals surface area (Å²) in [5.74, 6) is -2.51. The summed E-state index contributed by atoms with van der Waals surface area (Å²) < 4.78 is 32.5. The summed E-state index contributed by atoms with van der Waals surface area (Å²) in [6, 6.07) is 3.02. The number of nitrogens with zero attached hydrogens (tertiary/aromatic N) is 4. The van der Waals surface area contributed by atoms with Gasteiger partial charge in [0.15, 0.2) is 5.69 Å². The van der Waals surface area contributed by atoms with E-state index in [1.165, 1.54) is 23.4 Å². The fraction of sp³-hybridized carbons (Fsp3) is 0.368. The van der Waals surface area contributed by atoms with Crippen LogP contribution in [0.15, 0.2) is 34.0 Å². The Hall–Kier alpha value is -3.30. The molecule has 2 amide bonds. The Morgan fingerprint density at radius 1 is 1.14 bits per heavy atom. The third-order valence-electron chi connectivity index (χ3n) is 5.18. The second-order valence-corrected chi connectivity index (χ2v) is 7.08. The van der Waals surface area contributed by atoms with Crippen molar-refractivity contribution < 1.29 is 22.8 Å². The Balaban J connectivity index is 1.42. The quantitative estimate of drug-likeness (QED) is 0.843. The van der Waals surface area contributed by atoms with Crippen molar-refractivity contribution in [3.63, 3.8) is 0 Å². The lowest BCUT2D eigenvalue weighted by molar-refractivity contribution is -0.138. The lowest BCUT2D eigenvalue weighted by Gasteiger charge is -2.33. The molecule has 1 fully saturated rings. The molecule has 4 rings (SSSR count). The molecular formula is C19H19F2N5O3. The van der Waals surface area contributed by atoms with Gasteiger partial charge in [0.05, 0.1) is 6.04 Å². The SMILES string of the molecule is NC(=O)c1coc(N2CCC(C(=O)N3N=CCC3c3cc(F)cc(F)c3)CC2)n1. The summed E-state index contributed by atoms with van der Waals surface area (Å²) in [5.41, 5.74) is 5.61. The number of anilines is 1. The van der Waals surface area contributed by atoms with Gasteiger partial charge in [-0.25, -0.2) is 13.8 Å². The predicted molar refractivity (Wildman–Crippen MR) is 99.0 cm³/mol. The van der Waals surface area contributed by atoms with Gasteiger partial charge in [0.2, 0.25) is 5.91 Å². The van der Waals surface area contributed by atoms with E-state index in [-0.39, 0.29) is 23.5 Å². The molecule has 2 aromatic rings. The molecule has 2 N–H and O–H groups in total.